The quantitative estimate of drug-likeness (QED) is 0.642. The molecule has 3 heterocycles. The zero-order chi connectivity index (χ0) is 16.6. The van der Waals surface area contributed by atoms with Crippen molar-refractivity contribution in [3.63, 3.8) is 0 Å². The Hall–Kier alpha value is -1.91. The minimum atomic E-state index is -1.32. The van der Waals surface area contributed by atoms with Gasteiger partial charge in [-0.3, -0.25) is 9.59 Å². The maximum atomic E-state index is 13.2. The zero-order valence-corrected chi connectivity index (χ0v) is 13.8. The molecule has 2 fully saturated rings. The van der Waals surface area contributed by atoms with Crippen LogP contribution in [0.5, 0.6) is 0 Å². The molecular weight excluding hydrogens is 294 g/mol. The SMILES string of the molecule is CC1=C(C)C2(OC1=O)C(=O)C(C)=C1CCCCN3C(=O)CCC132. The molecule has 0 N–H and O–H groups in total. The number of amides is 1. The summed E-state index contributed by atoms with van der Waals surface area (Å²) in [6.07, 6.45) is 3.65. The Morgan fingerprint density at radius 1 is 1.00 bits per heavy atom. The molecular formula is C18H21NO4. The lowest BCUT2D eigenvalue weighted by Crippen LogP contribution is -2.64. The summed E-state index contributed by atoms with van der Waals surface area (Å²) < 4.78 is 5.80. The fraction of sp³-hybridized carbons (Fsp3) is 0.611. The van der Waals surface area contributed by atoms with E-state index in [1.54, 1.807) is 6.92 Å². The number of ether oxygens (including phenoxy) is 1. The second-order valence-corrected chi connectivity index (χ2v) is 7.12. The summed E-state index contributed by atoms with van der Waals surface area (Å²) in [5.41, 5.74) is 0.804. The van der Waals surface area contributed by atoms with Crippen LogP contribution in [0.25, 0.3) is 0 Å². The van der Waals surface area contributed by atoms with E-state index in [0.29, 0.717) is 36.1 Å². The van der Waals surface area contributed by atoms with E-state index in [-0.39, 0.29) is 11.7 Å². The highest BCUT2D eigenvalue weighted by Gasteiger charge is 2.73. The minimum absolute atomic E-state index is 0.0691. The Morgan fingerprint density at radius 3 is 2.39 bits per heavy atom. The largest absolute Gasteiger partial charge is 0.440 e. The monoisotopic (exact) mass is 315 g/mol. The smallest absolute Gasteiger partial charge is 0.335 e. The van der Waals surface area contributed by atoms with Crippen LogP contribution in [-0.2, 0) is 19.1 Å². The Labute approximate surface area is 135 Å². The first-order valence-electron chi connectivity index (χ1n) is 8.34. The van der Waals surface area contributed by atoms with Crippen LogP contribution in [-0.4, -0.2) is 40.2 Å². The topological polar surface area (TPSA) is 63.7 Å². The predicted molar refractivity (Wildman–Crippen MR) is 82.4 cm³/mol. The number of ketones is 1. The number of carbonyl (C=O) groups excluding carboxylic acids is 3. The molecule has 3 aliphatic heterocycles. The Kier molecular flexibility index (Phi) is 2.77. The van der Waals surface area contributed by atoms with Crippen molar-refractivity contribution in [1.82, 2.24) is 4.90 Å². The van der Waals surface area contributed by atoms with Crippen molar-refractivity contribution in [3.8, 4) is 0 Å². The third kappa shape index (κ3) is 1.38. The third-order valence-electron chi connectivity index (χ3n) is 6.36. The van der Waals surface area contributed by atoms with Gasteiger partial charge in [-0.15, -0.1) is 0 Å². The van der Waals surface area contributed by atoms with Gasteiger partial charge in [0, 0.05) is 18.5 Å². The molecule has 1 amide bonds. The van der Waals surface area contributed by atoms with Crippen molar-refractivity contribution in [1.29, 1.82) is 0 Å². The van der Waals surface area contributed by atoms with Gasteiger partial charge in [-0.05, 0) is 63.2 Å². The molecule has 2 saturated heterocycles. The number of hydrogen-bond donors (Lipinski definition) is 0. The van der Waals surface area contributed by atoms with Gasteiger partial charge in [0.1, 0.15) is 5.54 Å². The summed E-state index contributed by atoms with van der Waals surface area (Å²) in [7, 11) is 0. The number of nitrogens with zero attached hydrogens (tertiary/aromatic N) is 1. The van der Waals surface area contributed by atoms with E-state index in [0.717, 1.165) is 24.8 Å². The van der Waals surface area contributed by atoms with Gasteiger partial charge in [0.2, 0.25) is 17.3 Å². The number of esters is 1. The Morgan fingerprint density at radius 2 is 1.74 bits per heavy atom. The lowest BCUT2D eigenvalue weighted by molar-refractivity contribution is -0.165. The highest BCUT2D eigenvalue weighted by Crippen LogP contribution is 2.60. The zero-order valence-electron chi connectivity index (χ0n) is 13.8. The molecule has 0 radical (unpaired) electrons. The van der Waals surface area contributed by atoms with E-state index in [4.69, 9.17) is 4.74 Å². The average Bonchev–Trinajstić information content (AvgIpc) is 2.95. The molecule has 0 bridgehead atoms. The first kappa shape index (κ1) is 14.7. The van der Waals surface area contributed by atoms with Gasteiger partial charge in [-0.1, -0.05) is 0 Å². The van der Waals surface area contributed by atoms with Gasteiger partial charge in [-0.2, -0.15) is 0 Å². The van der Waals surface area contributed by atoms with E-state index in [9.17, 15) is 14.4 Å². The Balaban J connectivity index is 2.04. The van der Waals surface area contributed by atoms with Gasteiger partial charge in [0.05, 0.1) is 0 Å². The number of carbonyl (C=O) groups is 3. The first-order chi connectivity index (χ1) is 10.9. The van der Waals surface area contributed by atoms with Crippen LogP contribution in [0.3, 0.4) is 0 Å². The van der Waals surface area contributed by atoms with Crippen molar-refractivity contribution in [3.05, 3.63) is 22.3 Å². The van der Waals surface area contributed by atoms with Crippen molar-refractivity contribution < 1.29 is 19.1 Å². The predicted octanol–water partition coefficient (Wildman–Crippen LogP) is 2.06. The van der Waals surface area contributed by atoms with Crippen molar-refractivity contribution in [2.24, 2.45) is 0 Å². The average molecular weight is 315 g/mol. The van der Waals surface area contributed by atoms with Crippen molar-refractivity contribution >= 4 is 17.7 Å². The van der Waals surface area contributed by atoms with Crippen LogP contribution < -0.4 is 0 Å². The molecule has 23 heavy (non-hydrogen) atoms. The molecule has 1 aliphatic carbocycles. The maximum absolute atomic E-state index is 13.2. The lowest BCUT2D eigenvalue weighted by Gasteiger charge is -2.46. The van der Waals surface area contributed by atoms with E-state index < -0.39 is 17.1 Å². The van der Waals surface area contributed by atoms with Crippen molar-refractivity contribution in [2.75, 3.05) is 6.54 Å². The number of rotatable bonds is 0. The molecule has 0 saturated carbocycles. The first-order valence-corrected chi connectivity index (χ1v) is 8.34. The van der Waals surface area contributed by atoms with Crippen LogP contribution in [0.2, 0.25) is 0 Å². The summed E-state index contributed by atoms with van der Waals surface area (Å²) in [4.78, 5) is 39.9. The van der Waals surface area contributed by atoms with Gasteiger partial charge in [0.25, 0.3) is 0 Å². The van der Waals surface area contributed by atoms with E-state index >= 15 is 0 Å². The molecule has 0 aromatic heterocycles. The van der Waals surface area contributed by atoms with E-state index in [1.807, 2.05) is 18.7 Å². The summed E-state index contributed by atoms with van der Waals surface area (Å²) in [5, 5.41) is 0. The second kappa shape index (κ2) is 4.34. The van der Waals surface area contributed by atoms with Crippen LogP contribution in [0.1, 0.15) is 52.9 Å². The summed E-state index contributed by atoms with van der Waals surface area (Å²) in [5.74, 6) is -0.487. The summed E-state index contributed by atoms with van der Waals surface area (Å²) >= 11 is 0. The maximum Gasteiger partial charge on any atom is 0.335 e. The summed E-state index contributed by atoms with van der Waals surface area (Å²) in [6, 6.07) is 0. The molecule has 5 heteroatoms. The van der Waals surface area contributed by atoms with Gasteiger partial charge >= 0.3 is 5.97 Å². The molecule has 0 aromatic rings. The van der Waals surface area contributed by atoms with Crippen LogP contribution >= 0.6 is 0 Å². The van der Waals surface area contributed by atoms with Gasteiger partial charge in [-0.25, -0.2) is 4.79 Å². The molecule has 2 spiro atoms. The van der Waals surface area contributed by atoms with Crippen LogP contribution in [0.15, 0.2) is 22.3 Å². The van der Waals surface area contributed by atoms with Crippen LogP contribution in [0.4, 0.5) is 0 Å². The third-order valence-corrected chi connectivity index (χ3v) is 6.36. The van der Waals surface area contributed by atoms with Gasteiger partial charge in [0.15, 0.2) is 0 Å². The molecule has 2 atom stereocenters. The molecule has 4 rings (SSSR count). The standard InChI is InChI=1S/C18H21NO4/c1-10-12(3)18(23-16(10)22)15(21)11(2)13-6-4-5-9-19-14(20)7-8-17(13,18)19/h4-9H2,1-3H3. The van der Waals surface area contributed by atoms with Crippen LogP contribution in [0, 0.1) is 0 Å². The second-order valence-electron chi connectivity index (χ2n) is 7.12. The molecule has 4 aliphatic rings. The fourth-order valence-electron chi connectivity index (χ4n) is 5.16. The molecule has 122 valence electrons. The highest BCUT2D eigenvalue weighted by atomic mass is 16.6. The van der Waals surface area contributed by atoms with E-state index in [2.05, 4.69) is 0 Å². The normalized spacial score (nSPS) is 36.8. The molecule has 2 unspecified atom stereocenters. The molecule has 0 aromatic carbocycles. The number of hydrogen-bond acceptors (Lipinski definition) is 4. The van der Waals surface area contributed by atoms with Crippen molar-refractivity contribution in [2.45, 2.75) is 64.0 Å². The Bertz CT molecular complexity index is 731. The van der Waals surface area contributed by atoms with Gasteiger partial charge < -0.3 is 9.64 Å². The highest BCUT2D eigenvalue weighted by molar-refractivity contribution is 6.15. The van der Waals surface area contributed by atoms with E-state index in [1.165, 1.54) is 0 Å². The summed E-state index contributed by atoms with van der Waals surface area (Å²) in [6.45, 7) is 5.99. The number of Topliss-reactive ketones (excluding diaryl/α,β-unsaturated/α-hetero) is 1. The fourth-order valence-corrected chi connectivity index (χ4v) is 5.16. The lowest BCUT2D eigenvalue weighted by atomic mass is 9.71. The molecule has 5 nitrogen and oxygen atoms in total. The minimum Gasteiger partial charge on any atom is -0.440 e.